The summed E-state index contributed by atoms with van der Waals surface area (Å²) in [4.78, 5) is 0. The molecule has 0 heterocycles. The van der Waals surface area contributed by atoms with Crippen molar-refractivity contribution in [2.24, 2.45) is 0 Å². The van der Waals surface area contributed by atoms with Gasteiger partial charge in [-0.25, -0.2) is 0 Å². The predicted octanol–water partition coefficient (Wildman–Crippen LogP) is 16.7. The number of aryl methyl sites for hydroxylation is 10. The monoisotopic (exact) mass is 838 g/mol. The molecule has 0 aromatic heterocycles. The Morgan fingerprint density at radius 3 is 1.38 bits per heavy atom. The third kappa shape index (κ3) is 9.93. The van der Waals surface area contributed by atoms with Gasteiger partial charge in [-0.15, -0.1) is 0 Å². The molecule has 2 heteroatoms. The normalized spacial score (nSPS) is 11.2. The molecule has 8 aromatic rings. The van der Waals surface area contributed by atoms with Gasteiger partial charge >= 0.3 is 0 Å². The van der Waals surface area contributed by atoms with Crippen molar-refractivity contribution in [2.75, 3.05) is 0 Å². The maximum Gasteiger partial charge on any atom is 0.130 e. The second-order valence-corrected chi connectivity index (χ2v) is 18.2. The van der Waals surface area contributed by atoms with Crippen LogP contribution in [0.3, 0.4) is 0 Å². The molecule has 0 aliphatic rings. The molecule has 0 unspecified atom stereocenters. The van der Waals surface area contributed by atoms with E-state index < -0.39 is 0 Å². The van der Waals surface area contributed by atoms with Crippen molar-refractivity contribution in [3.63, 3.8) is 0 Å². The molecule has 0 aliphatic heterocycles. The number of benzene rings is 8. The first-order chi connectivity index (χ1) is 30.8. The maximum atomic E-state index is 6.60. The van der Waals surface area contributed by atoms with E-state index in [2.05, 4.69) is 209 Å². The van der Waals surface area contributed by atoms with Crippen molar-refractivity contribution in [3.8, 4) is 45.3 Å². The zero-order chi connectivity index (χ0) is 45.1. The zero-order valence-corrected chi connectivity index (χ0v) is 39.5. The molecule has 0 saturated carbocycles. The number of hydrogen-bond donors (Lipinski definition) is 0. The summed E-state index contributed by atoms with van der Waals surface area (Å²) in [5.41, 5.74) is 25.9. The first-order valence-corrected chi connectivity index (χ1v) is 22.9. The Labute approximate surface area is 382 Å². The van der Waals surface area contributed by atoms with Gasteiger partial charge in [0, 0.05) is 0 Å². The summed E-state index contributed by atoms with van der Waals surface area (Å²) in [5, 5.41) is 0. The molecular weight excluding hydrogens is 777 g/mol. The molecule has 0 spiro atoms. The van der Waals surface area contributed by atoms with Crippen LogP contribution in [0.15, 0.2) is 146 Å². The highest BCUT2D eigenvalue weighted by molar-refractivity contribution is 5.71. The van der Waals surface area contributed by atoms with Crippen molar-refractivity contribution < 1.29 is 9.47 Å². The summed E-state index contributed by atoms with van der Waals surface area (Å²) in [6.07, 6.45) is 3.58. The molecule has 0 aliphatic carbocycles. The molecule has 8 rings (SSSR count). The second kappa shape index (κ2) is 19.0. The van der Waals surface area contributed by atoms with Crippen molar-refractivity contribution in [1.82, 2.24) is 0 Å². The van der Waals surface area contributed by atoms with Crippen LogP contribution in [0.4, 0.5) is 0 Å². The molecule has 0 atom stereocenters. The molecule has 322 valence electrons. The zero-order valence-electron chi connectivity index (χ0n) is 39.5. The minimum Gasteiger partial charge on any atom is -0.457 e. The lowest BCUT2D eigenvalue weighted by Gasteiger charge is -2.16. The van der Waals surface area contributed by atoms with Gasteiger partial charge in [0.25, 0.3) is 0 Å². The van der Waals surface area contributed by atoms with E-state index in [1.54, 1.807) is 0 Å². The van der Waals surface area contributed by atoms with Gasteiger partial charge in [-0.1, -0.05) is 103 Å². The van der Waals surface area contributed by atoms with Crippen molar-refractivity contribution in [3.05, 3.63) is 235 Å². The van der Waals surface area contributed by atoms with Gasteiger partial charge in [-0.05, 0) is 249 Å². The topological polar surface area (TPSA) is 18.5 Å². The molecule has 0 radical (unpaired) electrons. The summed E-state index contributed by atoms with van der Waals surface area (Å²) in [5.74, 6) is 3.47. The van der Waals surface area contributed by atoms with E-state index in [0.717, 1.165) is 48.7 Å². The lowest BCUT2D eigenvalue weighted by molar-refractivity contribution is 0.477. The van der Waals surface area contributed by atoms with E-state index >= 15 is 0 Å². The van der Waals surface area contributed by atoms with Crippen LogP contribution in [-0.4, -0.2) is 0 Å². The van der Waals surface area contributed by atoms with E-state index in [0.29, 0.717) is 0 Å². The van der Waals surface area contributed by atoms with Crippen molar-refractivity contribution >= 4 is 0 Å². The van der Waals surface area contributed by atoms with Crippen molar-refractivity contribution in [2.45, 2.75) is 94.9 Å². The molecule has 0 bridgehead atoms. The van der Waals surface area contributed by atoms with E-state index in [9.17, 15) is 0 Å². The van der Waals surface area contributed by atoms with Gasteiger partial charge in [0.15, 0.2) is 0 Å². The third-order valence-electron chi connectivity index (χ3n) is 13.7. The van der Waals surface area contributed by atoms with E-state index in [1.165, 1.54) is 111 Å². The Morgan fingerprint density at radius 1 is 0.297 bits per heavy atom. The Bertz CT molecular complexity index is 3000. The molecule has 8 aromatic carbocycles. The summed E-state index contributed by atoms with van der Waals surface area (Å²) < 4.78 is 13.0. The van der Waals surface area contributed by atoms with Crippen LogP contribution < -0.4 is 9.47 Å². The lowest BCUT2D eigenvalue weighted by Crippen LogP contribution is -2.00. The van der Waals surface area contributed by atoms with Crippen LogP contribution in [0.25, 0.3) is 22.3 Å². The molecule has 64 heavy (non-hydrogen) atoms. The molecule has 0 amide bonds. The smallest absolute Gasteiger partial charge is 0.130 e. The average molecular weight is 839 g/mol. The van der Waals surface area contributed by atoms with Crippen LogP contribution in [0.2, 0.25) is 0 Å². The Morgan fingerprint density at radius 2 is 0.750 bits per heavy atom. The van der Waals surface area contributed by atoms with Gasteiger partial charge in [0.2, 0.25) is 0 Å². The Hall–Kier alpha value is -6.64. The van der Waals surface area contributed by atoms with Crippen LogP contribution in [0.1, 0.15) is 89.0 Å². The number of rotatable bonds is 13. The van der Waals surface area contributed by atoms with Gasteiger partial charge < -0.3 is 9.47 Å². The fourth-order valence-corrected chi connectivity index (χ4v) is 8.82. The SMILES string of the molecule is Cc1ccc(-c2ccc(C)c(Cc3cccc(-c4ccc(C)c(CCc5cc(Oc6ccc(C)c(Cc7cc(Oc8cccc(C)c8C)ccc7C)c6)ccc5C)c4)c3C)c2)cc1C. The van der Waals surface area contributed by atoms with E-state index in [4.69, 9.17) is 9.47 Å². The molecule has 2 nitrogen and oxygen atoms in total. The largest absolute Gasteiger partial charge is 0.457 e. The minimum atomic E-state index is 0.794. The summed E-state index contributed by atoms with van der Waals surface area (Å²) in [6, 6.07) is 53.1. The van der Waals surface area contributed by atoms with Gasteiger partial charge in [-0.2, -0.15) is 0 Å². The Kier molecular flexibility index (Phi) is 13.1. The molecule has 0 N–H and O–H groups in total. The van der Waals surface area contributed by atoms with E-state index in [1.807, 2.05) is 6.07 Å². The summed E-state index contributed by atoms with van der Waals surface area (Å²) in [6.45, 7) is 21.9. The van der Waals surface area contributed by atoms with Crippen LogP contribution in [-0.2, 0) is 25.7 Å². The van der Waals surface area contributed by atoms with Crippen LogP contribution >= 0.6 is 0 Å². The minimum absolute atomic E-state index is 0.794. The highest BCUT2D eigenvalue weighted by atomic mass is 16.5. The average Bonchev–Trinajstić information content (AvgIpc) is 3.28. The summed E-state index contributed by atoms with van der Waals surface area (Å²) >= 11 is 0. The van der Waals surface area contributed by atoms with E-state index in [-0.39, 0.29) is 0 Å². The highest BCUT2D eigenvalue weighted by Gasteiger charge is 2.14. The number of ether oxygens (including phenoxy) is 2. The highest BCUT2D eigenvalue weighted by Crippen LogP contribution is 2.34. The molecule has 0 fully saturated rings. The van der Waals surface area contributed by atoms with Gasteiger partial charge in [-0.3, -0.25) is 0 Å². The standard InChI is InChI=1S/C62H62O2/c1-39-17-23-52(31-46(39)8)53-24-18-43(5)55(34-53)33-51-14-12-15-61(48(51)10)54-25-19-41(3)49(32-54)26-27-50-36-58(28-20-42(50)4)63-59-29-21-44(6)56(37-59)35-57-38-60(30-22-45(57)7)64-62-16-11-13-40(2)47(62)9/h11-25,28-32,34,36-38H,26-27,33,35H2,1-10H3. The van der Waals surface area contributed by atoms with Gasteiger partial charge in [0.05, 0.1) is 0 Å². The maximum absolute atomic E-state index is 6.60. The van der Waals surface area contributed by atoms with Crippen molar-refractivity contribution in [1.29, 1.82) is 0 Å². The quantitative estimate of drug-likeness (QED) is 0.115. The van der Waals surface area contributed by atoms with Crippen LogP contribution in [0, 0.1) is 69.2 Å². The predicted molar refractivity (Wildman–Crippen MR) is 270 cm³/mol. The van der Waals surface area contributed by atoms with Gasteiger partial charge in [0.1, 0.15) is 23.0 Å². The molecule has 0 saturated heterocycles. The number of hydrogen-bond acceptors (Lipinski definition) is 2. The third-order valence-corrected chi connectivity index (χ3v) is 13.7. The first-order valence-electron chi connectivity index (χ1n) is 22.9. The molecular formula is C62H62O2. The Balaban J connectivity index is 0.963. The van der Waals surface area contributed by atoms with Crippen LogP contribution in [0.5, 0.6) is 23.0 Å². The lowest BCUT2D eigenvalue weighted by atomic mass is 9.89. The fraction of sp³-hybridized carbons (Fsp3) is 0.226. The fourth-order valence-electron chi connectivity index (χ4n) is 8.82. The first kappa shape index (κ1) is 44.0. The summed E-state index contributed by atoms with van der Waals surface area (Å²) in [7, 11) is 0. The second-order valence-electron chi connectivity index (χ2n) is 18.2.